The second-order valence-corrected chi connectivity index (χ2v) is 8.86. The highest BCUT2D eigenvalue weighted by Crippen LogP contribution is 2.16. The van der Waals surface area contributed by atoms with Gasteiger partial charge in [-0.05, 0) is 19.7 Å². The molecule has 0 saturated carbocycles. The van der Waals surface area contributed by atoms with E-state index in [4.69, 9.17) is 0 Å². The maximum absolute atomic E-state index is 12.0. The van der Waals surface area contributed by atoms with Crippen LogP contribution in [0.25, 0.3) is 0 Å². The number of hydrogen-bond donors (Lipinski definition) is 1. The van der Waals surface area contributed by atoms with Crippen molar-refractivity contribution in [3.8, 4) is 0 Å². The molecule has 1 aliphatic heterocycles. The summed E-state index contributed by atoms with van der Waals surface area (Å²) in [6.45, 7) is 1.01. The number of imidazole rings is 1. The van der Waals surface area contributed by atoms with Gasteiger partial charge in [-0.15, -0.1) is 0 Å². The summed E-state index contributed by atoms with van der Waals surface area (Å²) in [7, 11) is 0.921. The summed E-state index contributed by atoms with van der Waals surface area (Å²) in [5, 5.41) is 3.80. The lowest BCUT2D eigenvalue weighted by atomic mass is 10.2. The highest BCUT2D eigenvalue weighted by atomic mass is 32.2. The summed E-state index contributed by atoms with van der Waals surface area (Å²) in [5.41, 5.74) is 0.956. The lowest BCUT2D eigenvalue weighted by molar-refractivity contribution is -0.121. The third kappa shape index (κ3) is 4.95. The third-order valence-corrected chi connectivity index (χ3v) is 6.71. The zero-order valence-corrected chi connectivity index (χ0v) is 15.4. The normalized spacial score (nSPS) is 20.1. The van der Waals surface area contributed by atoms with E-state index in [-0.39, 0.29) is 23.5 Å². The number of carbonyl (C=O) groups excluding carboxylic acids is 1. The molecule has 0 radical (unpaired) electrons. The van der Waals surface area contributed by atoms with Crippen LogP contribution in [0.3, 0.4) is 0 Å². The Morgan fingerprint density at radius 3 is 2.87 bits per heavy atom. The fourth-order valence-corrected chi connectivity index (χ4v) is 5.00. The molecule has 0 aliphatic carbocycles. The van der Waals surface area contributed by atoms with Gasteiger partial charge >= 0.3 is 0 Å². The van der Waals surface area contributed by atoms with E-state index in [1.54, 1.807) is 18.0 Å². The summed E-state index contributed by atoms with van der Waals surface area (Å²) in [5.74, 6) is 0.425. The van der Waals surface area contributed by atoms with Crippen LogP contribution in [-0.2, 0) is 28.2 Å². The minimum atomic E-state index is -2.88. The van der Waals surface area contributed by atoms with E-state index >= 15 is 0 Å². The van der Waals surface area contributed by atoms with Crippen molar-refractivity contribution in [2.75, 3.05) is 31.4 Å². The standard InChI is InChI=1S/C14H24N4O3S2/c1-17(11-5-7-23(20,21)10-11)6-4-13(19)15-8-12-9-16-14(22-3)18(12)2/h9,11H,4-8,10H2,1-3H3,(H,15,19). The van der Waals surface area contributed by atoms with Gasteiger partial charge in [-0.2, -0.15) is 0 Å². The maximum atomic E-state index is 12.0. The Morgan fingerprint density at radius 1 is 1.57 bits per heavy atom. The summed E-state index contributed by atoms with van der Waals surface area (Å²) in [6.07, 6.45) is 4.75. The van der Waals surface area contributed by atoms with Gasteiger partial charge in [0, 0.05) is 26.1 Å². The van der Waals surface area contributed by atoms with Gasteiger partial charge in [0.2, 0.25) is 5.91 Å². The SMILES string of the molecule is CSc1ncc(CNC(=O)CCN(C)C2CCS(=O)(=O)C2)n1C. The largest absolute Gasteiger partial charge is 0.350 e. The van der Waals surface area contributed by atoms with Crippen molar-refractivity contribution in [2.24, 2.45) is 7.05 Å². The van der Waals surface area contributed by atoms with E-state index < -0.39 is 9.84 Å². The minimum absolute atomic E-state index is 0.0361. The Bertz CT molecular complexity index is 657. The molecule has 1 aromatic rings. The van der Waals surface area contributed by atoms with Crippen molar-refractivity contribution < 1.29 is 13.2 Å². The van der Waals surface area contributed by atoms with Crippen LogP contribution in [0.4, 0.5) is 0 Å². The van der Waals surface area contributed by atoms with E-state index in [2.05, 4.69) is 10.3 Å². The summed E-state index contributed by atoms with van der Waals surface area (Å²) in [6, 6.07) is 0.0361. The first-order valence-corrected chi connectivity index (χ1v) is 10.6. The molecule has 1 amide bonds. The topological polar surface area (TPSA) is 84.3 Å². The van der Waals surface area contributed by atoms with E-state index in [0.29, 0.717) is 25.9 Å². The first-order valence-electron chi connectivity index (χ1n) is 7.54. The van der Waals surface area contributed by atoms with Gasteiger partial charge in [0.25, 0.3) is 0 Å². The Labute approximate surface area is 141 Å². The van der Waals surface area contributed by atoms with Crippen LogP contribution < -0.4 is 5.32 Å². The lowest BCUT2D eigenvalue weighted by Crippen LogP contribution is -2.36. The van der Waals surface area contributed by atoms with Crippen molar-refractivity contribution in [2.45, 2.75) is 30.6 Å². The van der Waals surface area contributed by atoms with Gasteiger partial charge < -0.3 is 14.8 Å². The molecule has 2 heterocycles. The van der Waals surface area contributed by atoms with Crippen LogP contribution in [-0.4, -0.2) is 66.2 Å². The quantitative estimate of drug-likeness (QED) is 0.703. The zero-order valence-electron chi connectivity index (χ0n) is 13.8. The van der Waals surface area contributed by atoms with Crippen LogP contribution >= 0.6 is 11.8 Å². The number of amides is 1. The highest BCUT2D eigenvalue weighted by molar-refractivity contribution is 7.98. The maximum Gasteiger partial charge on any atom is 0.221 e. The number of nitrogens with zero attached hydrogens (tertiary/aromatic N) is 3. The van der Waals surface area contributed by atoms with Crippen molar-refractivity contribution in [1.29, 1.82) is 0 Å². The molecule has 1 N–H and O–H groups in total. The summed E-state index contributed by atoms with van der Waals surface area (Å²) >= 11 is 1.56. The van der Waals surface area contributed by atoms with Crippen LogP contribution in [0.15, 0.2) is 11.4 Å². The van der Waals surface area contributed by atoms with Crippen molar-refractivity contribution in [3.05, 3.63) is 11.9 Å². The molecular weight excluding hydrogens is 336 g/mol. The molecule has 1 aliphatic rings. The molecule has 7 nitrogen and oxygen atoms in total. The van der Waals surface area contributed by atoms with Crippen LogP contribution in [0.1, 0.15) is 18.5 Å². The molecule has 1 unspecified atom stereocenters. The fraction of sp³-hybridized carbons (Fsp3) is 0.714. The zero-order chi connectivity index (χ0) is 17.0. The van der Waals surface area contributed by atoms with Gasteiger partial charge in [0.15, 0.2) is 15.0 Å². The molecule has 2 rings (SSSR count). The number of aromatic nitrogens is 2. The van der Waals surface area contributed by atoms with Crippen LogP contribution in [0.2, 0.25) is 0 Å². The monoisotopic (exact) mass is 360 g/mol. The molecular formula is C14H24N4O3S2. The molecule has 0 bridgehead atoms. The number of hydrogen-bond acceptors (Lipinski definition) is 6. The Balaban J connectivity index is 1.74. The van der Waals surface area contributed by atoms with Crippen molar-refractivity contribution in [3.63, 3.8) is 0 Å². The number of nitrogens with one attached hydrogen (secondary N) is 1. The first kappa shape index (κ1) is 18.3. The first-order chi connectivity index (χ1) is 10.8. The second kappa shape index (κ2) is 7.67. The Kier molecular flexibility index (Phi) is 6.10. The van der Waals surface area contributed by atoms with E-state index in [0.717, 1.165) is 10.9 Å². The molecule has 1 atom stereocenters. The lowest BCUT2D eigenvalue weighted by Gasteiger charge is -2.22. The van der Waals surface area contributed by atoms with Crippen LogP contribution in [0.5, 0.6) is 0 Å². The van der Waals surface area contributed by atoms with Gasteiger partial charge in [-0.3, -0.25) is 4.79 Å². The van der Waals surface area contributed by atoms with Gasteiger partial charge in [-0.25, -0.2) is 13.4 Å². The van der Waals surface area contributed by atoms with Gasteiger partial charge in [-0.1, -0.05) is 11.8 Å². The molecule has 23 heavy (non-hydrogen) atoms. The van der Waals surface area contributed by atoms with Crippen LogP contribution in [0, 0.1) is 0 Å². The number of sulfone groups is 1. The smallest absolute Gasteiger partial charge is 0.221 e. The van der Waals surface area contributed by atoms with E-state index in [9.17, 15) is 13.2 Å². The molecule has 1 aromatic heterocycles. The average Bonchev–Trinajstić information content (AvgIpc) is 3.05. The molecule has 9 heteroatoms. The summed E-state index contributed by atoms with van der Waals surface area (Å²) in [4.78, 5) is 18.2. The van der Waals surface area contributed by atoms with Crippen molar-refractivity contribution >= 4 is 27.5 Å². The summed E-state index contributed by atoms with van der Waals surface area (Å²) < 4.78 is 24.9. The number of thioether (sulfide) groups is 1. The van der Waals surface area contributed by atoms with Gasteiger partial charge in [0.1, 0.15) is 0 Å². The predicted octanol–water partition coefficient (Wildman–Crippen LogP) is 0.267. The van der Waals surface area contributed by atoms with E-state index in [1.807, 2.05) is 29.8 Å². The Morgan fingerprint density at radius 2 is 2.30 bits per heavy atom. The third-order valence-electron chi connectivity index (χ3n) is 4.21. The Hall–Kier alpha value is -1.06. The molecule has 130 valence electrons. The highest BCUT2D eigenvalue weighted by Gasteiger charge is 2.30. The average molecular weight is 361 g/mol. The van der Waals surface area contributed by atoms with Gasteiger partial charge in [0.05, 0.1) is 29.9 Å². The van der Waals surface area contributed by atoms with E-state index in [1.165, 1.54) is 0 Å². The number of carbonyl (C=O) groups is 1. The molecule has 1 saturated heterocycles. The van der Waals surface area contributed by atoms with Crippen molar-refractivity contribution in [1.82, 2.24) is 19.8 Å². The second-order valence-electron chi connectivity index (χ2n) is 5.86. The fourth-order valence-electron chi connectivity index (χ4n) is 2.64. The molecule has 0 aromatic carbocycles. The minimum Gasteiger partial charge on any atom is -0.350 e. The predicted molar refractivity (Wildman–Crippen MR) is 91.1 cm³/mol. The molecule has 1 fully saturated rings. The number of rotatable bonds is 7. The molecule has 0 spiro atoms.